The van der Waals surface area contributed by atoms with Crippen molar-refractivity contribution in [2.75, 3.05) is 38.0 Å². The molecule has 0 N–H and O–H groups in total. The van der Waals surface area contributed by atoms with E-state index < -0.39 is 46.8 Å². The molecule has 14 nitrogen and oxygen atoms in total. The molecule has 0 aromatic heterocycles. The SMILES string of the molecule is ClCCC[N+]1(CCCl)CCCO1.O=[N+]([O-])c1cc([N+](=O)[O-])c(S(=O)(=O)[O-])c([N+](=O)[O-])c1. The molecule has 0 radical (unpaired) electrons. The average molecular weight is 505 g/mol. The van der Waals surface area contributed by atoms with Crippen molar-refractivity contribution in [3.63, 3.8) is 0 Å². The third kappa shape index (κ3) is 7.48. The molecule has 0 saturated carbocycles. The maximum atomic E-state index is 10.8. The van der Waals surface area contributed by atoms with E-state index in [1.807, 2.05) is 0 Å². The summed E-state index contributed by atoms with van der Waals surface area (Å²) in [6.45, 7) is 3.90. The van der Waals surface area contributed by atoms with Gasteiger partial charge in [-0.25, -0.2) is 13.3 Å². The summed E-state index contributed by atoms with van der Waals surface area (Å²) in [6, 6.07) is 0.329. The van der Waals surface area contributed by atoms with Crippen LogP contribution >= 0.6 is 23.2 Å². The van der Waals surface area contributed by atoms with Gasteiger partial charge in [0, 0.05) is 18.7 Å². The van der Waals surface area contributed by atoms with Gasteiger partial charge >= 0.3 is 11.4 Å². The molecule has 1 aliphatic rings. The fraction of sp³-hybridized carbons (Fsp3) is 0.571. The molecule has 2 rings (SSSR count). The third-order valence-corrected chi connectivity index (χ3v) is 5.51. The summed E-state index contributed by atoms with van der Waals surface area (Å²) in [5.74, 6) is 1.38. The first kappa shape index (κ1) is 26.9. The van der Waals surface area contributed by atoms with Gasteiger partial charge in [0.05, 0.1) is 32.8 Å². The van der Waals surface area contributed by atoms with Crippen molar-refractivity contribution in [1.82, 2.24) is 0 Å². The normalized spacial score (nSPS) is 18.2. The van der Waals surface area contributed by atoms with Gasteiger partial charge in [0.2, 0.25) is 4.90 Å². The van der Waals surface area contributed by atoms with E-state index in [0.29, 0.717) is 11.8 Å². The number of hydrogen-bond donors (Lipinski definition) is 0. The summed E-state index contributed by atoms with van der Waals surface area (Å²) in [5, 5.41) is 31.6. The van der Waals surface area contributed by atoms with Crippen molar-refractivity contribution in [2.24, 2.45) is 0 Å². The number of nitro benzene ring substituents is 3. The fourth-order valence-electron chi connectivity index (χ4n) is 2.86. The molecule has 1 atom stereocenters. The predicted octanol–water partition coefficient (Wildman–Crippen LogP) is 2.32. The number of alkyl halides is 2. The van der Waals surface area contributed by atoms with E-state index in [9.17, 15) is 43.3 Å². The molecule has 174 valence electrons. The lowest BCUT2D eigenvalue weighted by atomic mass is 10.2. The molecule has 1 aromatic rings. The topological polar surface area (TPSA) is 196 Å². The number of non-ortho nitro benzene ring substituents is 1. The number of hydrogen-bond acceptors (Lipinski definition) is 10. The lowest BCUT2D eigenvalue weighted by molar-refractivity contribution is -1.09. The number of quaternary nitrogens is 1. The van der Waals surface area contributed by atoms with Crippen molar-refractivity contribution < 1.29 is 37.2 Å². The number of nitro groups is 3. The van der Waals surface area contributed by atoms with Crippen LogP contribution in [-0.2, 0) is 15.0 Å². The number of benzene rings is 1. The standard InChI is InChI=1S/C8H16Cl2NO.C6H3N3O9S/c9-3-1-5-11(7-4-10)6-2-8-12-11;10-7(11)3-1-4(8(12)13)6(19(16,17)18)5(2-3)9(14)15/h1-8H2;1-2H,(H,16,17,18)/q+1;/p-1. The van der Waals surface area contributed by atoms with E-state index in [1.54, 1.807) is 0 Å². The van der Waals surface area contributed by atoms with Crippen LogP contribution in [0.15, 0.2) is 17.0 Å². The average Bonchev–Trinajstić information content (AvgIpc) is 3.14. The molecule has 1 heterocycles. The van der Waals surface area contributed by atoms with Gasteiger partial charge < -0.3 is 4.55 Å². The Morgan fingerprint density at radius 3 is 1.84 bits per heavy atom. The van der Waals surface area contributed by atoms with Gasteiger partial charge in [0.15, 0.2) is 0 Å². The van der Waals surface area contributed by atoms with E-state index in [0.717, 1.165) is 43.7 Å². The summed E-state index contributed by atoms with van der Waals surface area (Å²) in [7, 11) is -5.55. The van der Waals surface area contributed by atoms with E-state index in [1.165, 1.54) is 0 Å². The zero-order valence-electron chi connectivity index (χ0n) is 15.8. The van der Waals surface area contributed by atoms with Crippen molar-refractivity contribution in [3.05, 3.63) is 42.5 Å². The highest BCUT2D eigenvalue weighted by atomic mass is 35.5. The maximum Gasteiger partial charge on any atom is 0.300 e. The van der Waals surface area contributed by atoms with Gasteiger partial charge in [-0.3, -0.25) is 30.3 Å². The van der Waals surface area contributed by atoms with Crippen LogP contribution in [0.4, 0.5) is 17.1 Å². The number of rotatable bonds is 9. The first-order chi connectivity index (χ1) is 14.4. The van der Waals surface area contributed by atoms with Gasteiger partial charge in [-0.05, 0) is 0 Å². The zero-order chi connectivity index (χ0) is 23.8. The first-order valence-corrected chi connectivity index (χ1v) is 11.1. The Balaban J connectivity index is 0.000000343. The quantitative estimate of drug-likeness (QED) is 0.158. The number of hydroxylamine groups is 3. The van der Waals surface area contributed by atoms with Crippen LogP contribution < -0.4 is 0 Å². The van der Waals surface area contributed by atoms with Crippen LogP contribution in [0.1, 0.15) is 12.8 Å². The summed E-state index contributed by atoms with van der Waals surface area (Å²) < 4.78 is 33.2. The molecule has 0 spiro atoms. The van der Waals surface area contributed by atoms with Crippen molar-refractivity contribution in [2.45, 2.75) is 17.7 Å². The number of nitrogens with zero attached hydrogens (tertiary/aromatic N) is 4. The van der Waals surface area contributed by atoms with Gasteiger partial charge in [-0.2, -0.15) is 4.65 Å². The second-order valence-corrected chi connectivity index (χ2v) is 8.26. The first-order valence-electron chi connectivity index (χ1n) is 8.58. The van der Waals surface area contributed by atoms with Gasteiger partial charge in [-0.1, -0.05) is 0 Å². The van der Waals surface area contributed by atoms with Crippen LogP contribution in [0.5, 0.6) is 0 Å². The highest BCUT2D eigenvalue weighted by Crippen LogP contribution is 2.36. The Morgan fingerprint density at radius 2 is 1.52 bits per heavy atom. The maximum absolute atomic E-state index is 10.8. The Kier molecular flexibility index (Phi) is 9.92. The van der Waals surface area contributed by atoms with Crippen LogP contribution in [0.25, 0.3) is 0 Å². The monoisotopic (exact) mass is 504 g/mol. The van der Waals surface area contributed by atoms with Crippen molar-refractivity contribution in [3.8, 4) is 0 Å². The third-order valence-electron chi connectivity index (χ3n) is 4.16. The predicted molar refractivity (Wildman–Crippen MR) is 106 cm³/mol. The molecule has 0 amide bonds. The molecule has 31 heavy (non-hydrogen) atoms. The molecule has 1 saturated heterocycles. The molecule has 1 aliphatic heterocycles. The van der Waals surface area contributed by atoms with Crippen molar-refractivity contribution >= 4 is 50.4 Å². The van der Waals surface area contributed by atoms with Crippen molar-refractivity contribution in [1.29, 1.82) is 0 Å². The highest BCUT2D eigenvalue weighted by Gasteiger charge is 2.34. The zero-order valence-corrected chi connectivity index (χ0v) is 18.2. The van der Waals surface area contributed by atoms with Gasteiger partial charge in [0.1, 0.15) is 36.4 Å². The minimum absolute atomic E-state index is 0.164. The smallest absolute Gasteiger partial charge is 0.300 e. The summed E-state index contributed by atoms with van der Waals surface area (Å²) in [4.78, 5) is 31.5. The molecular weight excluding hydrogens is 487 g/mol. The van der Waals surface area contributed by atoms with Gasteiger partial charge in [-0.15, -0.1) is 23.2 Å². The van der Waals surface area contributed by atoms with Crippen LogP contribution in [0.2, 0.25) is 0 Å². The summed E-state index contributed by atoms with van der Waals surface area (Å²) in [6.07, 6.45) is 2.16. The molecular formula is C14H18Cl2N4O10S. The number of halogens is 2. The highest BCUT2D eigenvalue weighted by molar-refractivity contribution is 7.86. The molecule has 17 heteroatoms. The molecule has 1 aromatic carbocycles. The minimum Gasteiger partial charge on any atom is -0.744 e. The van der Waals surface area contributed by atoms with Crippen LogP contribution in [0.3, 0.4) is 0 Å². The lowest BCUT2D eigenvalue weighted by Gasteiger charge is -2.29. The van der Waals surface area contributed by atoms with Gasteiger partial charge in [0.25, 0.3) is 5.69 Å². The molecule has 1 fully saturated rings. The van der Waals surface area contributed by atoms with Crippen LogP contribution in [0, 0.1) is 30.3 Å². The molecule has 0 bridgehead atoms. The Bertz CT molecular complexity index is 902. The van der Waals surface area contributed by atoms with E-state index in [4.69, 9.17) is 28.0 Å². The van der Waals surface area contributed by atoms with E-state index in [2.05, 4.69) is 0 Å². The van der Waals surface area contributed by atoms with E-state index >= 15 is 0 Å². The lowest BCUT2D eigenvalue weighted by Crippen LogP contribution is -2.46. The molecule has 0 aliphatic carbocycles. The second-order valence-electron chi connectivity index (χ2n) is 6.19. The Morgan fingerprint density at radius 1 is 0.968 bits per heavy atom. The van der Waals surface area contributed by atoms with E-state index in [-0.39, 0.29) is 12.1 Å². The van der Waals surface area contributed by atoms with Crippen LogP contribution in [-0.4, -0.2) is 70.4 Å². The summed E-state index contributed by atoms with van der Waals surface area (Å²) >= 11 is 11.4. The fourth-order valence-corrected chi connectivity index (χ4v) is 4.07. The second kappa shape index (κ2) is 11.4. The molecule has 1 unspecified atom stereocenters. The summed E-state index contributed by atoms with van der Waals surface area (Å²) in [5.41, 5.74) is -4.11. The largest absolute Gasteiger partial charge is 0.744 e. The Hall–Kier alpha value is -2.17. The minimum atomic E-state index is -5.55. The Labute approximate surface area is 186 Å².